The van der Waals surface area contributed by atoms with Crippen molar-refractivity contribution < 1.29 is 24.4 Å². The third kappa shape index (κ3) is 14.3. The minimum atomic E-state index is -0.884. The Labute approximate surface area is 316 Å². The van der Waals surface area contributed by atoms with Crippen molar-refractivity contribution in [3.05, 3.63) is 82.4 Å². The number of hydrogen-bond acceptors (Lipinski definition) is 6. The molecule has 2 aromatic heterocycles. The number of carbonyl (C=O) groups excluding carboxylic acids is 1. The molecular formula is C30H34Cl2I3N6O4V. The molecule has 10 nitrogen and oxygen atoms in total. The molecule has 46 heavy (non-hydrogen) atoms. The Morgan fingerprint density at radius 1 is 0.848 bits per heavy atom. The third-order valence-corrected chi connectivity index (χ3v) is 7.09. The van der Waals surface area contributed by atoms with Gasteiger partial charge in [0.2, 0.25) is 5.91 Å². The van der Waals surface area contributed by atoms with Gasteiger partial charge in [0.05, 0.1) is 37.4 Å². The van der Waals surface area contributed by atoms with E-state index in [1.807, 2.05) is 65.8 Å². The van der Waals surface area contributed by atoms with Crippen LogP contribution in [0.1, 0.15) is 11.4 Å². The van der Waals surface area contributed by atoms with Crippen molar-refractivity contribution in [1.82, 2.24) is 29.3 Å². The first-order valence-electron chi connectivity index (χ1n) is 14.0. The second-order valence-electron chi connectivity index (χ2n) is 10.1. The van der Waals surface area contributed by atoms with Crippen molar-refractivity contribution >= 4 is 95.0 Å². The Balaban J connectivity index is 0.000000237. The molecule has 1 amide bonds. The quantitative estimate of drug-likeness (QED) is 0.179. The van der Waals surface area contributed by atoms with Crippen LogP contribution in [0.15, 0.2) is 60.9 Å². The normalized spacial score (nSPS) is 13.0. The topological polar surface area (TPSA) is 115 Å². The summed E-state index contributed by atoms with van der Waals surface area (Å²) < 4.78 is 9.05. The predicted octanol–water partition coefficient (Wildman–Crippen LogP) is 6.75. The van der Waals surface area contributed by atoms with E-state index in [1.54, 1.807) is 18.3 Å². The van der Waals surface area contributed by atoms with Crippen LogP contribution in [-0.4, -0.2) is 80.4 Å². The summed E-state index contributed by atoms with van der Waals surface area (Å²) in [4.78, 5) is 33.6. The van der Waals surface area contributed by atoms with Gasteiger partial charge >= 0.3 is 70.8 Å². The minimum absolute atomic E-state index is 0.00554. The molecule has 1 aliphatic heterocycles. The number of nitrogens with zero attached hydrogens (tertiary/aromatic N) is 5. The number of ether oxygens (including phenoxy) is 1. The summed E-state index contributed by atoms with van der Waals surface area (Å²) in [5.41, 5.74) is 3.20. The van der Waals surface area contributed by atoms with Crippen molar-refractivity contribution in [3.63, 3.8) is 0 Å². The monoisotopic (exact) mass is 1040 g/mol. The average Bonchev–Trinajstić information content (AvgIpc) is 3.54. The number of aryl methyl sites for hydroxylation is 2. The molecule has 0 radical (unpaired) electrons. The molecule has 0 atom stereocenters. The zero-order chi connectivity index (χ0) is 33.6. The Morgan fingerprint density at radius 2 is 1.28 bits per heavy atom. The number of aromatic nitrogens is 4. The number of aliphatic carboxylic acids is 1. The van der Waals surface area contributed by atoms with Crippen LogP contribution in [0.4, 0.5) is 0 Å². The summed E-state index contributed by atoms with van der Waals surface area (Å²) in [7, 11) is 3.76. The van der Waals surface area contributed by atoms with E-state index in [1.165, 1.54) is 0 Å². The Morgan fingerprint density at radius 3 is 1.72 bits per heavy atom. The molecule has 3 heterocycles. The Bertz CT molecular complexity index is 1550. The number of carboxylic acids is 1. The number of imidazole rings is 2. The summed E-state index contributed by atoms with van der Waals surface area (Å²) in [6.07, 6.45) is 3.83. The number of rotatable bonds is 9. The second kappa shape index (κ2) is 20.6. The fourth-order valence-corrected chi connectivity index (χ4v) is 4.77. The van der Waals surface area contributed by atoms with Crippen LogP contribution >= 0.6 is 83.1 Å². The van der Waals surface area contributed by atoms with Gasteiger partial charge in [-0.2, -0.15) is 0 Å². The van der Waals surface area contributed by atoms with Crippen LogP contribution in [0.3, 0.4) is 0 Å². The number of morpholine rings is 1. The van der Waals surface area contributed by atoms with Crippen molar-refractivity contribution in [2.75, 3.05) is 39.4 Å². The molecule has 0 spiro atoms. The fourth-order valence-electron chi connectivity index (χ4n) is 4.52. The number of carbonyl (C=O) groups is 2. The van der Waals surface area contributed by atoms with Gasteiger partial charge in [-0.25, -0.2) is 9.97 Å². The summed E-state index contributed by atoms with van der Waals surface area (Å²) in [6.45, 7) is 4.91. The van der Waals surface area contributed by atoms with Crippen molar-refractivity contribution in [2.45, 2.75) is 12.8 Å². The standard InChI is InChI=1S/C18H23ClN4O2.C12H11ClN2O2.3HI.V/c1-22-13-16(21-18(22)14-2-4-15(19)5-3-14)12-17(24)20-6-7-23-8-10-25-11-9-23;1-15-7-10(6-11(16)17)14-12(15)8-2-4-9(13)5-3-8;;;;/h2-5,13H,6-12H2,1H3,(H,20,24);2-5,7H,6H2,1H3,(H,16,17);3*1H;/q;;;;;+3/p-3. The number of benzene rings is 2. The zero-order valence-corrected chi connectivity index (χ0v) is 34.6. The van der Waals surface area contributed by atoms with Crippen molar-refractivity contribution in [3.8, 4) is 22.8 Å². The van der Waals surface area contributed by atoms with E-state index in [0.29, 0.717) is 22.3 Å². The number of hydrogen-bond donors (Lipinski definition) is 2. The molecule has 0 unspecified atom stereocenters. The number of amides is 1. The first kappa shape index (κ1) is 39.5. The van der Waals surface area contributed by atoms with E-state index >= 15 is 0 Å². The van der Waals surface area contributed by atoms with E-state index in [4.69, 9.17) is 33.0 Å². The van der Waals surface area contributed by atoms with Gasteiger partial charge in [0.1, 0.15) is 11.6 Å². The molecule has 5 rings (SSSR count). The molecule has 4 aromatic rings. The van der Waals surface area contributed by atoms with Crippen LogP contribution in [0.5, 0.6) is 0 Å². The van der Waals surface area contributed by atoms with Crippen LogP contribution in [0.25, 0.3) is 22.8 Å². The van der Waals surface area contributed by atoms with E-state index in [0.717, 1.165) is 61.3 Å². The zero-order valence-electron chi connectivity index (χ0n) is 25.2. The molecule has 1 fully saturated rings. The second-order valence-corrected chi connectivity index (χ2v) is 46.3. The van der Waals surface area contributed by atoms with Crippen molar-refractivity contribution in [2.24, 2.45) is 14.1 Å². The maximum absolute atomic E-state index is 12.1. The molecule has 0 aliphatic carbocycles. The fraction of sp³-hybridized carbons (Fsp3) is 0.333. The molecule has 1 saturated heterocycles. The van der Waals surface area contributed by atoms with E-state index in [2.05, 4.69) is 80.1 Å². The van der Waals surface area contributed by atoms with Gasteiger partial charge < -0.3 is 24.3 Å². The van der Waals surface area contributed by atoms with Gasteiger partial charge in [0.25, 0.3) is 0 Å². The van der Waals surface area contributed by atoms with E-state index in [-0.39, 0.29) is 23.7 Å². The molecule has 2 aromatic carbocycles. The van der Waals surface area contributed by atoms with Gasteiger partial charge in [-0.15, -0.1) is 0 Å². The van der Waals surface area contributed by atoms with E-state index < -0.39 is 5.97 Å². The summed E-state index contributed by atoms with van der Waals surface area (Å²) in [5.74, 6) is 0.672. The number of carboxylic acid groups (broad SMARTS) is 1. The summed E-state index contributed by atoms with van der Waals surface area (Å²) >= 11 is 19.1. The number of nitrogens with one attached hydrogen (secondary N) is 1. The van der Waals surface area contributed by atoms with Crippen molar-refractivity contribution in [1.29, 1.82) is 0 Å². The summed E-state index contributed by atoms with van der Waals surface area (Å²) in [5, 5.41) is 13.0. The molecule has 16 heteroatoms. The first-order chi connectivity index (χ1) is 21.9. The van der Waals surface area contributed by atoms with E-state index in [9.17, 15) is 9.59 Å². The third-order valence-electron chi connectivity index (χ3n) is 6.59. The van der Waals surface area contributed by atoms with Gasteiger partial charge in [0, 0.05) is 73.8 Å². The summed E-state index contributed by atoms with van der Waals surface area (Å²) in [6, 6.07) is 14.8. The van der Waals surface area contributed by atoms with Gasteiger partial charge in [-0.3, -0.25) is 14.5 Å². The van der Waals surface area contributed by atoms with Crippen LogP contribution in [0.2, 0.25) is 10.0 Å². The Kier molecular flexibility index (Phi) is 17.7. The number of halogens is 5. The van der Waals surface area contributed by atoms with Gasteiger partial charge in [-0.05, 0) is 48.5 Å². The van der Waals surface area contributed by atoms with Gasteiger partial charge in [0.15, 0.2) is 0 Å². The first-order valence-corrected chi connectivity index (χ1v) is 28.3. The average molecular weight is 1050 g/mol. The molecule has 0 saturated carbocycles. The maximum atomic E-state index is 12.1. The molecular weight excluding hydrogens is 1010 g/mol. The van der Waals surface area contributed by atoms with Crippen LogP contribution in [0, 0.1) is 0 Å². The van der Waals surface area contributed by atoms with Gasteiger partial charge in [-0.1, -0.05) is 23.2 Å². The van der Waals surface area contributed by atoms with Crippen LogP contribution in [-0.2, 0) is 46.2 Å². The molecule has 1 aliphatic rings. The predicted molar refractivity (Wildman–Crippen MR) is 205 cm³/mol. The Hall–Kier alpha value is -0.926. The van der Waals surface area contributed by atoms with Crippen LogP contribution < -0.4 is 5.32 Å². The SMILES string of the molecule is Cn1cc(CC(=O)NCCN2CCOCC2)nc1-c1ccc(Cl)cc1.Cn1cc(CC(=O)O)nc1-c1ccc(Cl)cc1.[I][V]([I])[I]. The molecule has 2 N–H and O–H groups in total. The molecule has 0 bridgehead atoms. The molecule has 248 valence electrons.